The van der Waals surface area contributed by atoms with Gasteiger partial charge in [-0.05, 0) is 42.3 Å². The second kappa shape index (κ2) is 8.31. The average Bonchev–Trinajstić information content (AvgIpc) is 3.16. The van der Waals surface area contributed by atoms with Gasteiger partial charge in [0.05, 0.1) is 23.8 Å². The first-order chi connectivity index (χ1) is 12.8. The first kappa shape index (κ1) is 19.7. The molecule has 1 heterocycles. The summed E-state index contributed by atoms with van der Waals surface area (Å²) < 4.78 is 45.1. The Bertz CT molecular complexity index is 804. The van der Waals surface area contributed by atoms with Gasteiger partial charge in [-0.1, -0.05) is 28.1 Å². The third kappa shape index (κ3) is 5.23. The first-order valence-corrected chi connectivity index (χ1v) is 9.20. The van der Waals surface area contributed by atoms with Crippen molar-refractivity contribution in [3.8, 4) is 0 Å². The Balaban J connectivity index is 1.63. The maximum atomic E-state index is 13.2. The molecular weight excluding hydrogens is 425 g/mol. The standard InChI is InChI=1S/C19H18BrF3N2O2/c20-14-3-6-17(16(9-14)19(21,22)23)25-15-4-1-12(2-5-15)10-24-18(26)13-7-8-27-11-13/h1-6,9,13,25H,7-8,10-11H2,(H,24,26)/t13-/m1/s1. The number of ether oxygens (including phenoxy) is 1. The number of nitrogens with one attached hydrogen (secondary N) is 2. The predicted molar refractivity (Wildman–Crippen MR) is 99.6 cm³/mol. The number of halogens is 4. The third-order valence-electron chi connectivity index (χ3n) is 4.29. The lowest BCUT2D eigenvalue weighted by atomic mass is 10.1. The molecule has 0 aromatic heterocycles. The van der Waals surface area contributed by atoms with Crippen molar-refractivity contribution in [1.82, 2.24) is 5.32 Å². The quantitative estimate of drug-likeness (QED) is 0.694. The van der Waals surface area contributed by atoms with Crippen LogP contribution in [0.5, 0.6) is 0 Å². The minimum atomic E-state index is -4.46. The Kier molecular flexibility index (Phi) is 6.06. The fourth-order valence-electron chi connectivity index (χ4n) is 2.80. The first-order valence-electron chi connectivity index (χ1n) is 8.41. The number of hydrogen-bond acceptors (Lipinski definition) is 3. The van der Waals surface area contributed by atoms with Gasteiger partial charge in [0, 0.05) is 23.3 Å². The van der Waals surface area contributed by atoms with Crippen molar-refractivity contribution in [1.29, 1.82) is 0 Å². The summed E-state index contributed by atoms with van der Waals surface area (Å²) in [5.41, 5.74) is 0.627. The molecule has 1 aliphatic heterocycles. The van der Waals surface area contributed by atoms with Crippen LogP contribution in [0.3, 0.4) is 0 Å². The van der Waals surface area contributed by atoms with E-state index >= 15 is 0 Å². The number of benzene rings is 2. The Morgan fingerprint density at radius 2 is 1.93 bits per heavy atom. The molecule has 0 spiro atoms. The number of hydrogen-bond donors (Lipinski definition) is 2. The maximum absolute atomic E-state index is 13.2. The summed E-state index contributed by atoms with van der Waals surface area (Å²) >= 11 is 3.07. The summed E-state index contributed by atoms with van der Waals surface area (Å²) in [6, 6.07) is 10.9. The molecule has 2 N–H and O–H groups in total. The zero-order valence-corrected chi connectivity index (χ0v) is 15.9. The largest absolute Gasteiger partial charge is 0.418 e. The molecule has 2 aromatic rings. The second-order valence-electron chi connectivity index (χ2n) is 6.29. The number of amides is 1. The van der Waals surface area contributed by atoms with Gasteiger partial charge in [0.2, 0.25) is 5.91 Å². The predicted octanol–water partition coefficient (Wildman–Crippen LogP) is 4.86. The van der Waals surface area contributed by atoms with Crippen molar-refractivity contribution in [3.05, 3.63) is 58.1 Å². The molecule has 2 aromatic carbocycles. The summed E-state index contributed by atoms with van der Waals surface area (Å²) in [6.07, 6.45) is -3.73. The molecule has 3 rings (SSSR count). The molecule has 8 heteroatoms. The van der Waals surface area contributed by atoms with Gasteiger partial charge in [-0.15, -0.1) is 0 Å². The molecule has 1 atom stereocenters. The number of rotatable bonds is 5. The van der Waals surface area contributed by atoms with Crippen LogP contribution in [0.1, 0.15) is 17.5 Å². The highest BCUT2D eigenvalue weighted by Crippen LogP contribution is 2.37. The Morgan fingerprint density at radius 1 is 1.19 bits per heavy atom. The van der Waals surface area contributed by atoms with Crippen LogP contribution in [0.25, 0.3) is 0 Å². The molecule has 1 aliphatic rings. The topological polar surface area (TPSA) is 50.4 Å². The highest BCUT2D eigenvalue weighted by Gasteiger charge is 2.33. The van der Waals surface area contributed by atoms with Crippen LogP contribution < -0.4 is 10.6 Å². The fraction of sp³-hybridized carbons (Fsp3) is 0.316. The molecule has 0 radical (unpaired) electrons. The molecule has 4 nitrogen and oxygen atoms in total. The van der Waals surface area contributed by atoms with Gasteiger partial charge < -0.3 is 15.4 Å². The normalized spacial score (nSPS) is 17.0. The lowest BCUT2D eigenvalue weighted by molar-refractivity contribution is -0.137. The smallest absolute Gasteiger partial charge is 0.381 e. The average molecular weight is 443 g/mol. The summed E-state index contributed by atoms with van der Waals surface area (Å²) in [5, 5.41) is 5.65. The van der Waals surface area contributed by atoms with Crippen LogP contribution in [0.15, 0.2) is 46.9 Å². The van der Waals surface area contributed by atoms with Crippen LogP contribution in [-0.4, -0.2) is 19.1 Å². The molecule has 0 bridgehead atoms. The minimum Gasteiger partial charge on any atom is -0.381 e. The zero-order chi connectivity index (χ0) is 19.4. The third-order valence-corrected chi connectivity index (χ3v) is 4.78. The number of alkyl halides is 3. The summed E-state index contributed by atoms with van der Waals surface area (Å²) in [5.74, 6) is -0.150. The SMILES string of the molecule is O=C(NCc1ccc(Nc2ccc(Br)cc2C(F)(F)F)cc1)[C@@H]1CCOC1. The highest BCUT2D eigenvalue weighted by atomic mass is 79.9. The van der Waals surface area contributed by atoms with E-state index in [0.29, 0.717) is 29.9 Å². The van der Waals surface area contributed by atoms with Crippen molar-refractivity contribution < 1.29 is 22.7 Å². The van der Waals surface area contributed by atoms with Crippen molar-refractivity contribution in [2.75, 3.05) is 18.5 Å². The van der Waals surface area contributed by atoms with Crippen LogP contribution >= 0.6 is 15.9 Å². The maximum Gasteiger partial charge on any atom is 0.418 e. The molecular formula is C19H18BrF3N2O2. The molecule has 144 valence electrons. The van der Waals surface area contributed by atoms with Gasteiger partial charge in [-0.2, -0.15) is 13.2 Å². The number of carbonyl (C=O) groups is 1. The second-order valence-corrected chi connectivity index (χ2v) is 7.20. The van der Waals surface area contributed by atoms with Crippen molar-refractivity contribution in [2.45, 2.75) is 19.1 Å². The van der Waals surface area contributed by atoms with Crippen LogP contribution in [0.4, 0.5) is 24.5 Å². The van der Waals surface area contributed by atoms with E-state index in [9.17, 15) is 18.0 Å². The summed E-state index contributed by atoms with van der Waals surface area (Å²) in [6.45, 7) is 1.42. The van der Waals surface area contributed by atoms with E-state index in [4.69, 9.17) is 4.74 Å². The van der Waals surface area contributed by atoms with Gasteiger partial charge in [0.1, 0.15) is 0 Å². The lowest BCUT2D eigenvalue weighted by Gasteiger charge is -2.15. The monoisotopic (exact) mass is 442 g/mol. The minimum absolute atomic E-state index is 0.0204. The molecule has 0 saturated carbocycles. The van der Waals surface area contributed by atoms with Crippen molar-refractivity contribution in [3.63, 3.8) is 0 Å². The van der Waals surface area contributed by atoms with Gasteiger partial charge in [-0.25, -0.2) is 0 Å². The van der Waals surface area contributed by atoms with E-state index < -0.39 is 11.7 Å². The zero-order valence-electron chi connectivity index (χ0n) is 14.3. The Hall–Kier alpha value is -2.06. The van der Waals surface area contributed by atoms with E-state index in [1.54, 1.807) is 30.3 Å². The number of carbonyl (C=O) groups excluding carboxylic acids is 1. The molecule has 0 unspecified atom stereocenters. The number of anilines is 2. The molecule has 27 heavy (non-hydrogen) atoms. The molecule has 1 amide bonds. The Morgan fingerprint density at radius 3 is 2.56 bits per heavy atom. The Labute approximate surface area is 163 Å². The lowest BCUT2D eigenvalue weighted by Crippen LogP contribution is -2.30. The highest BCUT2D eigenvalue weighted by molar-refractivity contribution is 9.10. The van der Waals surface area contributed by atoms with E-state index in [-0.39, 0.29) is 17.5 Å². The van der Waals surface area contributed by atoms with Gasteiger partial charge >= 0.3 is 6.18 Å². The van der Waals surface area contributed by atoms with Crippen LogP contribution in [0.2, 0.25) is 0 Å². The summed E-state index contributed by atoms with van der Waals surface area (Å²) in [7, 11) is 0. The van der Waals surface area contributed by atoms with E-state index in [1.807, 2.05) is 0 Å². The van der Waals surface area contributed by atoms with Crippen LogP contribution in [0, 0.1) is 5.92 Å². The molecule has 1 saturated heterocycles. The molecule has 1 fully saturated rings. The van der Waals surface area contributed by atoms with Gasteiger partial charge in [0.15, 0.2) is 0 Å². The van der Waals surface area contributed by atoms with Gasteiger partial charge in [-0.3, -0.25) is 4.79 Å². The van der Waals surface area contributed by atoms with E-state index in [0.717, 1.165) is 18.1 Å². The van der Waals surface area contributed by atoms with Crippen LogP contribution in [-0.2, 0) is 22.3 Å². The molecule has 0 aliphatic carbocycles. The van der Waals surface area contributed by atoms with Crippen molar-refractivity contribution >= 4 is 33.2 Å². The van der Waals surface area contributed by atoms with E-state index in [2.05, 4.69) is 26.6 Å². The van der Waals surface area contributed by atoms with E-state index in [1.165, 1.54) is 6.07 Å². The summed E-state index contributed by atoms with van der Waals surface area (Å²) in [4.78, 5) is 12.0. The van der Waals surface area contributed by atoms with Crippen molar-refractivity contribution in [2.24, 2.45) is 5.92 Å². The fourth-order valence-corrected chi connectivity index (χ4v) is 3.16. The van der Waals surface area contributed by atoms with Gasteiger partial charge in [0.25, 0.3) is 0 Å².